The first-order valence-electron chi connectivity index (χ1n) is 10.4. The number of rotatable bonds is 5. The normalized spacial score (nSPS) is 15.5. The van der Waals surface area contributed by atoms with E-state index in [1.807, 2.05) is 0 Å². The van der Waals surface area contributed by atoms with E-state index in [0.717, 1.165) is 5.56 Å². The first-order valence-corrected chi connectivity index (χ1v) is 10.4. The number of methoxy groups -OCH3 is 2. The molecule has 3 heterocycles. The van der Waals surface area contributed by atoms with Crippen LogP contribution in [0, 0.1) is 0 Å². The lowest BCUT2D eigenvalue weighted by Crippen LogP contribution is -2.20. The Morgan fingerprint density at radius 1 is 1.15 bits per heavy atom. The third-order valence-corrected chi connectivity index (χ3v) is 5.88. The molecule has 8 nitrogen and oxygen atoms in total. The van der Waals surface area contributed by atoms with Crippen LogP contribution in [0.5, 0.6) is 23.0 Å². The van der Waals surface area contributed by atoms with Gasteiger partial charge in [0.1, 0.15) is 36.4 Å². The van der Waals surface area contributed by atoms with Crippen LogP contribution in [-0.2, 0) is 22.6 Å². The summed E-state index contributed by atoms with van der Waals surface area (Å²) in [6.07, 6.45) is 0.0803. The highest BCUT2D eigenvalue weighted by atomic mass is 16.5. The van der Waals surface area contributed by atoms with Crippen molar-refractivity contribution in [2.75, 3.05) is 20.8 Å². The van der Waals surface area contributed by atoms with E-state index in [2.05, 4.69) is 6.58 Å². The van der Waals surface area contributed by atoms with Crippen LogP contribution >= 0.6 is 0 Å². The molecule has 0 radical (unpaired) electrons. The van der Waals surface area contributed by atoms with E-state index in [9.17, 15) is 9.59 Å². The van der Waals surface area contributed by atoms with Gasteiger partial charge in [-0.1, -0.05) is 6.58 Å². The molecule has 0 amide bonds. The number of hydrogen-bond donors (Lipinski definition) is 0. The molecule has 8 heteroatoms. The van der Waals surface area contributed by atoms with Crippen molar-refractivity contribution in [3.8, 4) is 34.1 Å². The zero-order chi connectivity index (χ0) is 23.3. The van der Waals surface area contributed by atoms with Gasteiger partial charge in [-0.3, -0.25) is 9.59 Å². The second-order valence-electron chi connectivity index (χ2n) is 7.89. The van der Waals surface area contributed by atoms with Gasteiger partial charge in [-0.05, 0) is 18.2 Å². The monoisotopic (exact) mass is 450 g/mol. The maximum atomic E-state index is 13.6. The standard InChI is InChI=1S/C25H22O8/c1-12(10-30-13(2)26)18-8-16-17(32-18)6-5-14-24(27)23-15-7-20(28-3)21(29-4)9-19(15)31-11-22(23)33-25(14)16/h5-7,9,18H,1,8,10-11H2,2-4H3. The number of esters is 1. The minimum atomic E-state index is -0.385. The molecule has 33 heavy (non-hydrogen) atoms. The molecule has 0 bridgehead atoms. The number of carbonyl (C=O) groups excluding carboxylic acids is 1. The molecule has 1 aromatic heterocycles. The molecular weight excluding hydrogens is 428 g/mol. The van der Waals surface area contributed by atoms with Gasteiger partial charge in [0.2, 0.25) is 5.43 Å². The van der Waals surface area contributed by atoms with Crippen LogP contribution in [0.2, 0.25) is 0 Å². The predicted octanol–water partition coefficient (Wildman–Crippen LogP) is 3.79. The average molecular weight is 450 g/mol. The molecule has 0 N–H and O–H groups in total. The summed E-state index contributed by atoms with van der Waals surface area (Å²) in [6, 6.07) is 6.89. The maximum absolute atomic E-state index is 13.6. The Kier molecular flexibility index (Phi) is 5.00. The van der Waals surface area contributed by atoms with E-state index in [0.29, 0.717) is 62.8 Å². The molecular formula is C25H22O8. The summed E-state index contributed by atoms with van der Waals surface area (Å²) in [5.41, 5.74) is 2.75. The Bertz CT molecular complexity index is 1370. The molecule has 170 valence electrons. The molecule has 1 atom stereocenters. The highest BCUT2D eigenvalue weighted by molar-refractivity contribution is 5.89. The second-order valence-corrected chi connectivity index (χ2v) is 7.89. The van der Waals surface area contributed by atoms with Crippen molar-refractivity contribution in [2.45, 2.75) is 26.1 Å². The van der Waals surface area contributed by atoms with Crippen LogP contribution in [0.1, 0.15) is 18.2 Å². The number of ether oxygens (including phenoxy) is 5. The quantitative estimate of drug-likeness (QED) is 0.428. The highest BCUT2D eigenvalue weighted by Gasteiger charge is 2.32. The van der Waals surface area contributed by atoms with Crippen molar-refractivity contribution < 1.29 is 32.9 Å². The SMILES string of the molecule is C=C(COC(C)=O)C1Cc2c(ccc3c(=O)c4c(oc23)COc2cc(OC)c(OC)cc2-4)O1. The third-order valence-electron chi connectivity index (χ3n) is 5.88. The lowest BCUT2D eigenvalue weighted by atomic mass is 9.97. The van der Waals surface area contributed by atoms with Crippen molar-refractivity contribution in [1.82, 2.24) is 0 Å². The maximum Gasteiger partial charge on any atom is 0.302 e. The van der Waals surface area contributed by atoms with Crippen LogP contribution in [0.25, 0.3) is 22.1 Å². The van der Waals surface area contributed by atoms with Crippen molar-refractivity contribution in [2.24, 2.45) is 0 Å². The number of hydrogen-bond acceptors (Lipinski definition) is 8. The van der Waals surface area contributed by atoms with Crippen molar-refractivity contribution in [3.05, 3.63) is 58.0 Å². The topological polar surface area (TPSA) is 93.4 Å². The molecule has 0 saturated carbocycles. The van der Waals surface area contributed by atoms with Crippen LogP contribution < -0.4 is 24.4 Å². The van der Waals surface area contributed by atoms with E-state index in [1.54, 1.807) is 31.4 Å². The lowest BCUT2D eigenvalue weighted by Gasteiger charge is -2.21. The molecule has 0 saturated heterocycles. The average Bonchev–Trinajstić information content (AvgIpc) is 3.26. The first-order chi connectivity index (χ1) is 15.9. The Balaban J connectivity index is 1.59. The van der Waals surface area contributed by atoms with Gasteiger partial charge < -0.3 is 28.1 Å². The fourth-order valence-corrected chi connectivity index (χ4v) is 4.23. The van der Waals surface area contributed by atoms with Crippen molar-refractivity contribution in [1.29, 1.82) is 0 Å². The fraction of sp³-hybridized carbons (Fsp3) is 0.280. The van der Waals surface area contributed by atoms with E-state index < -0.39 is 0 Å². The number of benzene rings is 2. The predicted molar refractivity (Wildman–Crippen MR) is 119 cm³/mol. The third kappa shape index (κ3) is 3.38. The summed E-state index contributed by atoms with van der Waals surface area (Å²) >= 11 is 0. The summed E-state index contributed by atoms with van der Waals surface area (Å²) in [4.78, 5) is 24.7. The molecule has 3 aromatic rings. The van der Waals surface area contributed by atoms with Gasteiger partial charge in [-0.15, -0.1) is 0 Å². The van der Waals surface area contributed by atoms with E-state index in [1.165, 1.54) is 14.0 Å². The van der Waals surface area contributed by atoms with E-state index in [-0.39, 0.29) is 30.7 Å². The van der Waals surface area contributed by atoms with Gasteiger partial charge >= 0.3 is 5.97 Å². The molecule has 5 rings (SSSR count). The largest absolute Gasteiger partial charge is 0.493 e. The van der Waals surface area contributed by atoms with Crippen LogP contribution in [0.15, 0.2) is 45.6 Å². The van der Waals surface area contributed by atoms with Gasteiger partial charge in [-0.25, -0.2) is 0 Å². The van der Waals surface area contributed by atoms with Gasteiger partial charge in [0, 0.05) is 36.1 Å². The summed E-state index contributed by atoms with van der Waals surface area (Å²) in [7, 11) is 3.08. The Morgan fingerprint density at radius 3 is 2.64 bits per heavy atom. The lowest BCUT2D eigenvalue weighted by molar-refractivity contribution is -0.140. The van der Waals surface area contributed by atoms with Gasteiger partial charge in [0.25, 0.3) is 0 Å². The highest BCUT2D eigenvalue weighted by Crippen LogP contribution is 2.45. The summed E-state index contributed by atoms with van der Waals surface area (Å²) < 4.78 is 33.9. The van der Waals surface area contributed by atoms with Gasteiger partial charge in [0.05, 0.1) is 25.2 Å². The Labute approximate surface area is 189 Å². The molecule has 2 aromatic carbocycles. The number of carbonyl (C=O) groups is 1. The summed E-state index contributed by atoms with van der Waals surface area (Å²) in [5, 5.41) is 0.449. The smallest absolute Gasteiger partial charge is 0.302 e. The van der Waals surface area contributed by atoms with Crippen LogP contribution in [-0.4, -0.2) is 32.9 Å². The summed E-state index contributed by atoms with van der Waals surface area (Å²) in [6.45, 7) is 5.50. The van der Waals surface area contributed by atoms with Crippen molar-refractivity contribution in [3.63, 3.8) is 0 Å². The fourth-order valence-electron chi connectivity index (χ4n) is 4.23. The minimum absolute atomic E-state index is 0.0706. The Morgan fingerprint density at radius 2 is 1.91 bits per heavy atom. The summed E-state index contributed by atoms with van der Waals surface area (Å²) in [5.74, 6) is 2.19. The van der Waals surface area contributed by atoms with Gasteiger partial charge in [-0.2, -0.15) is 0 Å². The second kappa shape index (κ2) is 7.88. The molecule has 0 aliphatic carbocycles. The zero-order valence-corrected chi connectivity index (χ0v) is 18.5. The molecule has 2 aliphatic rings. The molecule has 0 fully saturated rings. The number of fused-ring (bicyclic) bond motifs is 6. The van der Waals surface area contributed by atoms with Crippen molar-refractivity contribution >= 4 is 16.9 Å². The van der Waals surface area contributed by atoms with Crippen LogP contribution in [0.3, 0.4) is 0 Å². The minimum Gasteiger partial charge on any atom is -0.493 e. The molecule has 0 spiro atoms. The van der Waals surface area contributed by atoms with E-state index >= 15 is 0 Å². The van der Waals surface area contributed by atoms with E-state index in [4.69, 9.17) is 28.1 Å². The van der Waals surface area contributed by atoms with Crippen LogP contribution in [0.4, 0.5) is 0 Å². The van der Waals surface area contributed by atoms with Gasteiger partial charge in [0.15, 0.2) is 17.3 Å². The Hall–Kier alpha value is -3.94. The first kappa shape index (κ1) is 20.9. The molecule has 2 aliphatic heterocycles. The molecule has 1 unspecified atom stereocenters. The zero-order valence-electron chi connectivity index (χ0n) is 18.5.